The first kappa shape index (κ1) is 15.1. The Kier molecular flexibility index (Phi) is 5.77. The summed E-state index contributed by atoms with van der Waals surface area (Å²) in [7, 11) is -3.27. The molecule has 7 heteroatoms. The maximum atomic E-state index is 11.8. The molecular weight excluding hydrogens is 252 g/mol. The smallest absolute Gasteiger partial charge is 0.215 e. The number of nitrogens with one attached hydrogen (secondary N) is 2. The lowest BCUT2D eigenvalue weighted by Gasteiger charge is -2.14. The van der Waals surface area contributed by atoms with E-state index < -0.39 is 15.3 Å². The summed E-state index contributed by atoms with van der Waals surface area (Å²) in [4.78, 5) is 0. The van der Waals surface area contributed by atoms with E-state index in [0.717, 1.165) is 24.1 Å². The van der Waals surface area contributed by atoms with Gasteiger partial charge in [0.1, 0.15) is 0 Å². The molecule has 0 aliphatic carbocycles. The molecule has 0 amide bonds. The number of aryl methyl sites for hydroxylation is 2. The van der Waals surface area contributed by atoms with E-state index >= 15 is 0 Å². The van der Waals surface area contributed by atoms with Gasteiger partial charge < -0.3 is 5.73 Å². The molecule has 1 rings (SSSR count). The maximum absolute atomic E-state index is 11.8. The van der Waals surface area contributed by atoms with E-state index in [4.69, 9.17) is 5.73 Å². The molecule has 104 valence electrons. The van der Waals surface area contributed by atoms with Crippen LogP contribution in [0.5, 0.6) is 0 Å². The second-order valence-electron chi connectivity index (χ2n) is 4.33. The Bertz CT molecular complexity index is 451. The van der Waals surface area contributed by atoms with Crippen molar-refractivity contribution in [3.63, 3.8) is 0 Å². The van der Waals surface area contributed by atoms with Crippen LogP contribution in [-0.2, 0) is 16.4 Å². The van der Waals surface area contributed by atoms with E-state index in [1.807, 2.05) is 13.8 Å². The lowest BCUT2D eigenvalue weighted by Crippen LogP contribution is -2.39. The molecule has 1 aromatic heterocycles. The molecule has 0 bridgehead atoms. The summed E-state index contributed by atoms with van der Waals surface area (Å²) in [6.07, 6.45) is 3.87. The number of rotatable bonds is 8. The third-order valence-electron chi connectivity index (χ3n) is 3.02. The van der Waals surface area contributed by atoms with Crippen LogP contribution in [0.2, 0.25) is 0 Å². The second-order valence-corrected chi connectivity index (χ2v) is 6.37. The highest BCUT2D eigenvalue weighted by atomic mass is 32.2. The Hall–Kier alpha value is -0.920. The molecule has 1 aromatic rings. The topological polar surface area (TPSA) is 101 Å². The van der Waals surface area contributed by atoms with Gasteiger partial charge in [0.15, 0.2) is 0 Å². The largest absolute Gasteiger partial charge is 0.329 e. The van der Waals surface area contributed by atoms with E-state index in [-0.39, 0.29) is 6.54 Å². The standard InChI is InChI=1S/C11H22N4O2S/c1-3-11(7-12)18(16,17)14-6-4-5-10-8-13-15-9(10)2/h8,11,14H,3-7,12H2,1-2H3,(H,13,15). The Morgan fingerprint density at radius 2 is 2.28 bits per heavy atom. The number of hydrogen-bond acceptors (Lipinski definition) is 4. The SMILES string of the molecule is CCC(CN)S(=O)(=O)NCCCc1cn[nH]c1C. The van der Waals surface area contributed by atoms with Crippen molar-refractivity contribution in [2.75, 3.05) is 13.1 Å². The van der Waals surface area contributed by atoms with Crippen LogP contribution in [-0.4, -0.2) is 37.0 Å². The molecule has 0 saturated carbocycles. The van der Waals surface area contributed by atoms with Gasteiger partial charge in [-0.05, 0) is 31.7 Å². The summed E-state index contributed by atoms with van der Waals surface area (Å²) < 4.78 is 26.2. The Labute approximate surface area is 108 Å². The number of nitrogens with two attached hydrogens (primary N) is 1. The number of aromatic amines is 1. The highest BCUT2D eigenvalue weighted by Crippen LogP contribution is 2.06. The highest BCUT2D eigenvalue weighted by molar-refractivity contribution is 7.90. The molecule has 0 aliphatic rings. The number of H-pyrrole nitrogens is 1. The van der Waals surface area contributed by atoms with E-state index in [1.165, 1.54) is 0 Å². The minimum atomic E-state index is -3.27. The Morgan fingerprint density at radius 3 is 2.78 bits per heavy atom. The van der Waals surface area contributed by atoms with E-state index in [1.54, 1.807) is 6.20 Å². The van der Waals surface area contributed by atoms with Gasteiger partial charge in [0.25, 0.3) is 0 Å². The van der Waals surface area contributed by atoms with Crippen molar-refractivity contribution < 1.29 is 8.42 Å². The molecule has 0 saturated heterocycles. The molecule has 18 heavy (non-hydrogen) atoms. The third kappa shape index (κ3) is 4.08. The molecule has 1 unspecified atom stereocenters. The summed E-state index contributed by atoms with van der Waals surface area (Å²) in [5.74, 6) is 0. The quantitative estimate of drug-likeness (QED) is 0.594. The molecule has 1 heterocycles. The van der Waals surface area contributed by atoms with Gasteiger partial charge in [-0.1, -0.05) is 6.92 Å². The predicted molar refractivity (Wildman–Crippen MR) is 71.7 cm³/mol. The van der Waals surface area contributed by atoms with Crippen LogP contribution >= 0.6 is 0 Å². The van der Waals surface area contributed by atoms with Crippen LogP contribution in [0.25, 0.3) is 0 Å². The molecule has 0 aromatic carbocycles. The van der Waals surface area contributed by atoms with Crippen LogP contribution < -0.4 is 10.5 Å². The van der Waals surface area contributed by atoms with Gasteiger partial charge in [0.2, 0.25) is 10.0 Å². The van der Waals surface area contributed by atoms with E-state index in [0.29, 0.717) is 13.0 Å². The van der Waals surface area contributed by atoms with Gasteiger partial charge in [-0.2, -0.15) is 5.10 Å². The van der Waals surface area contributed by atoms with Crippen LogP contribution in [0.4, 0.5) is 0 Å². The average molecular weight is 274 g/mol. The maximum Gasteiger partial charge on any atom is 0.215 e. The monoisotopic (exact) mass is 274 g/mol. The zero-order valence-corrected chi connectivity index (χ0v) is 11.8. The number of hydrogen-bond donors (Lipinski definition) is 3. The molecule has 0 fully saturated rings. The van der Waals surface area contributed by atoms with Gasteiger partial charge in [-0.15, -0.1) is 0 Å². The van der Waals surface area contributed by atoms with Crippen LogP contribution in [0.3, 0.4) is 0 Å². The minimum Gasteiger partial charge on any atom is -0.329 e. The molecule has 0 radical (unpaired) electrons. The first-order valence-electron chi connectivity index (χ1n) is 6.18. The summed E-state index contributed by atoms with van der Waals surface area (Å²) in [6.45, 7) is 4.37. The van der Waals surface area contributed by atoms with Crippen molar-refractivity contribution in [1.82, 2.24) is 14.9 Å². The van der Waals surface area contributed by atoms with Gasteiger partial charge in [0, 0.05) is 18.8 Å². The van der Waals surface area contributed by atoms with Crippen molar-refractivity contribution >= 4 is 10.0 Å². The van der Waals surface area contributed by atoms with Crippen molar-refractivity contribution in [2.45, 2.75) is 38.4 Å². The average Bonchev–Trinajstić information content (AvgIpc) is 2.72. The fraction of sp³-hybridized carbons (Fsp3) is 0.727. The normalized spacial score (nSPS) is 13.7. The number of nitrogens with zero attached hydrogens (tertiary/aromatic N) is 1. The van der Waals surface area contributed by atoms with Crippen LogP contribution in [0.1, 0.15) is 31.0 Å². The molecule has 0 spiro atoms. The Morgan fingerprint density at radius 1 is 1.56 bits per heavy atom. The highest BCUT2D eigenvalue weighted by Gasteiger charge is 2.21. The van der Waals surface area contributed by atoms with Gasteiger partial charge in [-0.3, -0.25) is 5.10 Å². The first-order valence-corrected chi connectivity index (χ1v) is 7.73. The second kappa shape index (κ2) is 6.86. The zero-order valence-electron chi connectivity index (χ0n) is 10.9. The fourth-order valence-corrected chi connectivity index (χ4v) is 3.11. The minimum absolute atomic E-state index is 0.159. The lowest BCUT2D eigenvalue weighted by atomic mass is 10.1. The van der Waals surface area contributed by atoms with Crippen LogP contribution in [0.15, 0.2) is 6.20 Å². The zero-order chi connectivity index (χ0) is 13.6. The van der Waals surface area contributed by atoms with E-state index in [2.05, 4.69) is 14.9 Å². The molecule has 6 nitrogen and oxygen atoms in total. The lowest BCUT2D eigenvalue weighted by molar-refractivity contribution is 0.559. The molecule has 4 N–H and O–H groups in total. The van der Waals surface area contributed by atoms with Crippen molar-refractivity contribution in [3.8, 4) is 0 Å². The summed E-state index contributed by atoms with van der Waals surface area (Å²) in [5, 5.41) is 6.29. The van der Waals surface area contributed by atoms with Gasteiger partial charge >= 0.3 is 0 Å². The van der Waals surface area contributed by atoms with Crippen molar-refractivity contribution in [2.24, 2.45) is 5.73 Å². The van der Waals surface area contributed by atoms with Crippen molar-refractivity contribution in [1.29, 1.82) is 0 Å². The summed E-state index contributed by atoms with van der Waals surface area (Å²) in [5.41, 5.74) is 7.60. The number of sulfonamides is 1. The third-order valence-corrected chi connectivity index (χ3v) is 5.03. The van der Waals surface area contributed by atoms with E-state index in [9.17, 15) is 8.42 Å². The predicted octanol–water partition coefficient (Wildman–Crippen LogP) is 0.307. The van der Waals surface area contributed by atoms with Gasteiger partial charge in [-0.25, -0.2) is 13.1 Å². The van der Waals surface area contributed by atoms with Crippen molar-refractivity contribution in [3.05, 3.63) is 17.5 Å². The molecular formula is C11H22N4O2S. The molecule has 0 aliphatic heterocycles. The fourth-order valence-electron chi connectivity index (χ4n) is 1.75. The van der Waals surface area contributed by atoms with Gasteiger partial charge in [0.05, 0.1) is 11.4 Å². The first-order chi connectivity index (χ1) is 8.51. The summed E-state index contributed by atoms with van der Waals surface area (Å²) >= 11 is 0. The summed E-state index contributed by atoms with van der Waals surface area (Å²) in [6, 6.07) is 0. The van der Waals surface area contributed by atoms with Crippen LogP contribution in [0, 0.1) is 6.92 Å². The Balaban J connectivity index is 2.36. The molecule has 1 atom stereocenters. The number of aromatic nitrogens is 2.